The largest absolute Gasteiger partial charge is 0.342 e. The molecule has 0 bridgehead atoms. The normalized spacial score (nSPS) is 19.6. The molecule has 1 aromatic heterocycles. The van der Waals surface area contributed by atoms with Gasteiger partial charge in [0.1, 0.15) is 0 Å². The predicted octanol–water partition coefficient (Wildman–Crippen LogP) is 2.65. The van der Waals surface area contributed by atoms with Crippen molar-refractivity contribution >= 4 is 23.4 Å². The fraction of sp³-hybridized carbons (Fsp3) is 0.524. The molecule has 2 fully saturated rings. The highest BCUT2D eigenvalue weighted by Crippen LogP contribution is 2.21. The zero-order valence-electron chi connectivity index (χ0n) is 16.5. The van der Waals surface area contributed by atoms with Crippen molar-refractivity contribution in [1.29, 1.82) is 0 Å². The van der Waals surface area contributed by atoms with E-state index >= 15 is 0 Å². The lowest BCUT2D eigenvalue weighted by molar-refractivity contribution is -0.132. The molecular formula is C21H26ClN5O2. The lowest BCUT2D eigenvalue weighted by atomic mass is 9.97. The summed E-state index contributed by atoms with van der Waals surface area (Å²) in [6, 6.07) is 7.48. The smallest absolute Gasteiger partial charge is 0.276 e. The Morgan fingerprint density at radius 1 is 1.07 bits per heavy atom. The minimum absolute atomic E-state index is 0.0334. The Morgan fingerprint density at radius 3 is 2.62 bits per heavy atom. The molecule has 3 heterocycles. The number of carbonyl (C=O) groups is 2. The first kappa shape index (κ1) is 19.9. The summed E-state index contributed by atoms with van der Waals surface area (Å²) in [6.07, 6.45) is 6.17. The summed E-state index contributed by atoms with van der Waals surface area (Å²) >= 11 is 6.20. The summed E-state index contributed by atoms with van der Waals surface area (Å²) in [7, 11) is 0. The van der Waals surface area contributed by atoms with Gasteiger partial charge in [-0.05, 0) is 43.2 Å². The number of nitrogens with zero attached hydrogens (tertiary/aromatic N) is 5. The molecule has 0 radical (unpaired) electrons. The third kappa shape index (κ3) is 4.78. The van der Waals surface area contributed by atoms with Gasteiger partial charge in [-0.2, -0.15) is 0 Å². The van der Waals surface area contributed by atoms with Crippen molar-refractivity contribution in [3.63, 3.8) is 0 Å². The second-order valence-corrected chi connectivity index (χ2v) is 8.35. The molecule has 0 aliphatic carbocycles. The van der Waals surface area contributed by atoms with E-state index in [1.807, 2.05) is 34.1 Å². The van der Waals surface area contributed by atoms with Crippen molar-refractivity contribution in [2.24, 2.45) is 5.92 Å². The minimum Gasteiger partial charge on any atom is -0.342 e. The molecule has 8 heteroatoms. The first-order chi connectivity index (χ1) is 14.1. The van der Waals surface area contributed by atoms with Crippen LogP contribution in [0.25, 0.3) is 0 Å². The zero-order valence-corrected chi connectivity index (χ0v) is 17.2. The van der Waals surface area contributed by atoms with Crippen molar-refractivity contribution in [1.82, 2.24) is 24.8 Å². The Kier molecular flexibility index (Phi) is 6.13. The van der Waals surface area contributed by atoms with Crippen molar-refractivity contribution in [3.8, 4) is 0 Å². The highest BCUT2D eigenvalue weighted by molar-refractivity contribution is 6.31. The highest BCUT2D eigenvalue weighted by atomic mass is 35.5. The van der Waals surface area contributed by atoms with E-state index in [4.69, 9.17) is 11.6 Å². The molecular weight excluding hydrogens is 390 g/mol. The van der Waals surface area contributed by atoms with Crippen LogP contribution in [0.5, 0.6) is 0 Å². The van der Waals surface area contributed by atoms with Gasteiger partial charge in [-0.1, -0.05) is 35.0 Å². The van der Waals surface area contributed by atoms with Gasteiger partial charge in [-0.3, -0.25) is 14.3 Å². The summed E-state index contributed by atoms with van der Waals surface area (Å²) in [5.74, 6) is 0.371. The van der Waals surface area contributed by atoms with Gasteiger partial charge in [0.15, 0.2) is 5.69 Å². The maximum Gasteiger partial charge on any atom is 0.276 e. The topological polar surface area (TPSA) is 71.3 Å². The lowest BCUT2D eigenvalue weighted by Gasteiger charge is -2.32. The fourth-order valence-corrected chi connectivity index (χ4v) is 4.39. The van der Waals surface area contributed by atoms with Crippen molar-refractivity contribution < 1.29 is 9.59 Å². The van der Waals surface area contributed by atoms with Crippen molar-refractivity contribution in [2.75, 3.05) is 26.2 Å². The van der Waals surface area contributed by atoms with Crippen LogP contribution in [-0.2, 0) is 17.8 Å². The molecule has 29 heavy (non-hydrogen) atoms. The molecule has 2 aromatic rings. The molecule has 0 spiro atoms. The molecule has 2 saturated heterocycles. The summed E-state index contributed by atoms with van der Waals surface area (Å²) in [5, 5.41) is 8.85. The van der Waals surface area contributed by atoms with E-state index in [-0.39, 0.29) is 11.8 Å². The van der Waals surface area contributed by atoms with Gasteiger partial charge in [-0.15, -0.1) is 5.10 Å². The summed E-state index contributed by atoms with van der Waals surface area (Å²) < 4.78 is 1.75. The standard InChI is InChI=1S/C21H26ClN5O2/c22-18-8-2-1-7-17(18)12-20(28)26-11-5-6-16(13-26)14-27-15-19(23-24-27)21(29)25-9-3-4-10-25/h1-2,7-8,15-16H,3-6,9-14H2/t16-/m0/s1. The van der Waals surface area contributed by atoms with Crippen molar-refractivity contribution in [3.05, 3.63) is 46.7 Å². The molecule has 7 nitrogen and oxygen atoms in total. The third-order valence-corrected chi connectivity index (χ3v) is 6.14. The molecule has 154 valence electrons. The number of piperidine rings is 1. The van der Waals surface area contributed by atoms with E-state index in [1.165, 1.54) is 0 Å². The summed E-state index contributed by atoms with van der Waals surface area (Å²) in [6.45, 7) is 3.73. The van der Waals surface area contributed by atoms with Gasteiger partial charge in [0, 0.05) is 37.7 Å². The van der Waals surface area contributed by atoms with Gasteiger partial charge in [0.25, 0.3) is 5.91 Å². The maximum atomic E-state index is 12.7. The molecule has 4 rings (SSSR count). The number of aromatic nitrogens is 3. The number of benzene rings is 1. The lowest BCUT2D eigenvalue weighted by Crippen LogP contribution is -2.41. The number of hydrogen-bond donors (Lipinski definition) is 0. The van der Waals surface area contributed by atoms with Gasteiger partial charge < -0.3 is 9.80 Å². The maximum absolute atomic E-state index is 12.7. The van der Waals surface area contributed by atoms with Crippen LogP contribution in [0, 0.1) is 5.92 Å². The monoisotopic (exact) mass is 415 g/mol. The Labute approximate surface area is 175 Å². The Morgan fingerprint density at radius 2 is 1.83 bits per heavy atom. The number of rotatable bonds is 5. The quantitative estimate of drug-likeness (QED) is 0.752. The van der Waals surface area contributed by atoms with E-state index in [0.29, 0.717) is 36.1 Å². The van der Waals surface area contributed by atoms with Crippen LogP contribution in [0.2, 0.25) is 5.02 Å². The van der Waals surface area contributed by atoms with Crippen LogP contribution in [0.1, 0.15) is 41.7 Å². The van der Waals surface area contributed by atoms with E-state index in [1.54, 1.807) is 10.9 Å². The van der Waals surface area contributed by atoms with E-state index < -0.39 is 0 Å². The van der Waals surface area contributed by atoms with E-state index in [2.05, 4.69) is 10.3 Å². The number of hydrogen-bond acceptors (Lipinski definition) is 4. The van der Waals surface area contributed by atoms with Crippen LogP contribution < -0.4 is 0 Å². The number of likely N-dealkylation sites (tertiary alicyclic amines) is 2. The summed E-state index contributed by atoms with van der Waals surface area (Å²) in [5.41, 5.74) is 1.27. The average Bonchev–Trinajstić information content (AvgIpc) is 3.42. The molecule has 2 aliphatic rings. The van der Waals surface area contributed by atoms with E-state index in [0.717, 1.165) is 50.9 Å². The van der Waals surface area contributed by atoms with Gasteiger partial charge >= 0.3 is 0 Å². The first-order valence-corrected chi connectivity index (χ1v) is 10.7. The zero-order chi connectivity index (χ0) is 20.2. The molecule has 0 saturated carbocycles. The Balaban J connectivity index is 1.33. The molecule has 2 amide bonds. The SMILES string of the molecule is O=C(Cc1ccccc1Cl)N1CCC[C@H](Cn2cc(C(=O)N3CCCC3)nn2)C1. The number of halogens is 1. The average molecular weight is 416 g/mol. The third-order valence-electron chi connectivity index (χ3n) is 5.77. The fourth-order valence-electron chi connectivity index (χ4n) is 4.19. The Hall–Kier alpha value is -2.41. The Bertz CT molecular complexity index is 877. The van der Waals surface area contributed by atoms with Crippen LogP contribution in [-0.4, -0.2) is 62.8 Å². The minimum atomic E-state index is -0.0334. The van der Waals surface area contributed by atoms with Crippen LogP contribution in [0.3, 0.4) is 0 Å². The molecule has 1 atom stereocenters. The van der Waals surface area contributed by atoms with E-state index in [9.17, 15) is 9.59 Å². The van der Waals surface area contributed by atoms with Gasteiger partial charge in [0.2, 0.25) is 5.91 Å². The molecule has 0 N–H and O–H groups in total. The second-order valence-electron chi connectivity index (χ2n) is 7.94. The van der Waals surface area contributed by atoms with Crippen molar-refractivity contribution in [2.45, 2.75) is 38.6 Å². The molecule has 2 aliphatic heterocycles. The second kappa shape index (κ2) is 8.95. The predicted molar refractivity (Wildman–Crippen MR) is 110 cm³/mol. The first-order valence-electron chi connectivity index (χ1n) is 10.3. The van der Waals surface area contributed by atoms with Gasteiger partial charge in [-0.25, -0.2) is 0 Å². The van der Waals surface area contributed by atoms with Gasteiger partial charge in [0.05, 0.1) is 12.6 Å². The molecule has 0 unspecified atom stereocenters. The highest BCUT2D eigenvalue weighted by Gasteiger charge is 2.26. The number of carbonyl (C=O) groups excluding carboxylic acids is 2. The van der Waals surface area contributed by atoms with Crippen LogP contribution in [0.15, 0.2) is 30.5 Å². The number of amides is 2. The molecule has 1 aromatic carbocycles. The summed E-state index contributed by atoms with van der Waals surface area (Å²) in [4.78, 5) is 28.9. The van der Waals surface area contributed by atoms with Crippen LogP contribution in [0.4, 0.5) is 0 Å². The van der Waals surface area contributed by atoms with Crippen LogP contribution >= 0.6 is 11.6 Å².